The van der Waals surface area contributed by atoms with Gasteiger partial charge in [0.25, 0.3) is 9.05 Å². The zero-order chi connectivity index (χ0) is 15.8. The molecule has 1 N–H and O–H groups in total. The number of carbonyl (C=O) groups excluding carboxylic acids is 1. The van der Waals surface area contributed by atoms with Crippen LogP contribution in [0.5, 0.6) is 0 Å². The Labute approximate surface area is 129 Å². The van der Waals surface area contributed by atoms with Crippen LogP contribution in [0.4, 0.5) is 5.69 Å². The van der Waals surface area contributed by atoms with Crippen LogP contribution in [-0.2, 0) is 18.6 Å². The molecule has 0 spiro atoms. The number of benzene rings is 1. The molecule has 1 saturated heterocycles. The number of halogens is 1. The highest BCUT2D eigenvalue weighted by Gasteiger charge is 2.41. The summed E-state index contributed by atoms with van der Waals surface area (Å²) in [4.78, 5) is 12.3. The third-order valence-electron chi connectivity index (χ3n) is 3.95. The van der Waals surface area contributed by atoms with E-state index >= 15 is 0 Å². The molecule has 116 valence electrons. The number of amides is 1. The number of hydrogen-bond donors (Lipinski definition) is 1. The second-order valence-electron chi connectivity index (χ2n) is 5.38. The Bertz CT molecular complexity index is 629. The van der Waals surface area contributed by atoms with Gasteiger partial charge in [0.15, 0.2) is 0 Å². The van der Waals surface area contributed by atoms with E-state index < -0.39 is 9.05 Å². The largest absolute Gasteiger partial charge is 0.374 e. The molecule has 1 aliphatic heterocycles. The van der Waals surface area contributed by atoms with Gasteiger partial charge in [0.1, 0.15) is 0 Å². The predicted molar refractivity (Wildman–Crippen MR) is 80.8 cm³/mol. The Morgan fingerprint density at radius 2 is 1.71 bits per heavy atom. The molecule has 4 atom stereocenters. The summed E-state index contributed by atoms with van der Waals surface area (Å²) in [6.07, 6.45) is -0.1000. The summed E-state index contributed by atoms with van der Waals surface area (Å²) in [5, 5.41) is 2.79. The van der Waals surface area contributed by atoms with Crippen molar-refractivity contribution in [2.75, 3.05) is 5.32 Å². The molecule has 1 aromatic carbocycles. The van der Waals surface area contributed by atoms with Gasteiger partial charge in [-0.15, -0.1) is 0 Å². The number of carbonyl (C=O) groups is 1. The number of nitrogens with one attached hydrogen (secondary N) is 1. The smallest absolute Gasteiger partial charge is 0.261 e. The molecule has 0 aliphatic carbocycles. The van der Waals surface area contributed by atoms with Gasteiger partial charge in [0.05, 0.1) is 23.0 Å². The van der Waals surface area contributed by atoms with Crippen molar-refractivity contribution in [2.24, 2.45) is 11.8 Å². The van der Waals surface area contributed by atoms with Gasteiger partial charge in [-0.1, -0.05) is 6.92 Å². The number of rotatable bonds is 3. The number of anilines is 1. The van der Waals surface area contributed by atoms with Crippen LogP contribution >= 0.6 is 10.7 Å². The number of hydrogen-bond acceptors (Lipinski definition) is 4. The molecule has 4 unspecified atom stereocenters. The lowest BCUT2D eigenvalue weighted by atomic mass is 9.89. The Morgan fingerprint density at radius 1 is 1.14 bits per heavy atom. The fraction of sp³-hybridized carbons (Fsp3) is 0.500. The summed E-state index contributed by atoms with van der Waals surface area (Å²) in [5.41, 5.74) is 0.531. The minimum absolute atomic E-state index is 0.00160. The van der Waals surface area contributed by atoms with E-state index in [2.05, 4.69) is 5.32 Å². The first-order valence-electron chi connectivity index (χ1n) is 6.71. The molecule has 21 heavy (non-hydrogen) atoms. The van der Waals surface area contributed by atoms with Crippen molar-refractivity contribution >= 4 is 31.3 Å². The normalized spacial score (nSPS) is 29.3. The molecule has 2 rings (SSSR count). The van der Waals surface area contributed by atoms with E-state index in [9.17, 15) is 13.2 Å². The maximum Gasteiger partial charge on any atom is 0.261 e. The lowest BCUT2D eigenvalue weighted by Gasteiger charge is -2.18. The first kappa shape index (κ1) is 16.3. The van der Waals surface area contributed by atoms with Gasteiger partial charge in [-0.3, -0.25) is 4.79 Å². The summed E-state index contributed by atoms with van der Waals surface area (Å²) >= 11 is 0. The summed E-state index contributed by atoms with van der Waals surface area (Å²) in [6.45, 7) is 5.82. The number of ether oxygens (including phenoxy) is 1. The summed E-state index contributed by atoms with van der Waals surface area (Å²) in [7, 11) is 1.49. The topological polar surface area (TPSA) is 72.5 Å². The van der Waals surface area contributed by atoms with E-state index in [1.807, 2.05) is 20.8 Å². The van der Waals surface area contributed by atoms with Crippen LogP contribution in [-0.4, -0.2) is 26.5 Å². The van der Waals surface area contributed by atoms with E-state index in [-0.39, 0.29) is 34.8 Å². The lowest BCUT2D eigenvalue weighted by molar-refractivity contribution is -0.121. The monoisotopic (exact) mass is 331 g/mol. The molecule has 1 fully saturated rings. The zero-order valence-electron chi connectivity index (χ0n) is 12.0. The van der Waals surface area contributed by atoms with E-state index in [1.54, 1.807) is 0 Å². The van der Waals surface area contributed by atoms with E-state index in [0.29, 0.717) is 5.69 Å². The standard InChI is InChI=1S/C14H18ClNO4S/c1-8-9(2)20-10(3)13(8)14(17)16-11-4-6-12(7-5-11)21(15,18)19/h4-10,13H,1-3H3,(H,16,17). The van der Waals surface area contributed by atoms with Gasteiger partial charge in [0, 0.05) is 16.4 Å². The molecule has 0 radical (unpaired) electrons. The fourth-order valence-electron chi connectivity index (χ4n) is 2.64. The van der Waals surface area contributed by atoms with Gasteiger partial charge in [-0.25, -0.2) is 8.42 Å². The van der Waals surface area contributed by atoms with Gasteiger partial charge >= 0.3 is 0 Å². The van der Waals surface area contributed by atoms with Gasteiger partial charge in [-0.05, 0) is 44.0 Å². The molecule has 5 nitrogen and oxygen atoms in total. The second-order valence-corrected chi connectivity index (χ2v) is 7.95. The summed E-state index contributed by atoms with van der Waals surface area (Å²) in [5.74, 6) is -0.222. The van der Waals surface area contributed by atoms with Crippen LogP contribution in [0.25, 0.3) is 0 Å². The highest BCUT2D eigenvalue weighted by atomic mass is 35.7. The SMILES string of the molecule is CC1OC(C)C(C(=O)Nc2ccc(S(=O)(=O)Cl)cc2)C1C. The quantitative estimate of drug-likeness (QED) is 0.864. The molecular weight excluding hydrogens is 314 g/mol. The van der Waals surface area contributed by atoms with E-state index in [0.717, 1.165) is 0 Å². The fourth-order valence-corrected chi connectivity index (χ4v) is 3.41. The van der Waals surface area contributed by atoms with Crippen LogP contribution < -0.4 is 5.32 Å². The van der Waals surface area contributed by atoms with Crippen LogP contribution in [0.3, 0.4) is 0 Å². The molecule has 0 aromatic heterocycles. The Morgan fingerprint density at radius 3 is 2.14 bits per heavy atom. The second kappa shape index (κ2) is 5.94. The summed E-state index contributed by atoms with van der Waals surface area (Å²) in [6, 6.07) is 5.75. The lowest BCUT2D eigenvalue weighted by Crippen LogP contribution is -2.31. The molecule has 1 amide bonds. The highest BCUT2D eigenvalue weighted by Crippen LogP contribution is 2.33. The molecule has 0 bridgehead atoms. The molecule has 0 saturated carbocycles. The molecular formula is C14H18ClNO4S. The minimum Gasteiger partial charge on any atom is -0.374 e. The summed E-state index contributed by atoms with van der Waals surface area (Å²) < 4.78 is 28.0. The highest BCUT2D eigenvalue weighted by molar-refractivity contribution is 8.13. The van der Waals surface area contributed by atoms with Crippen molar-refractivity contribution in [3.8, 4) is 0 Å². The average molecular weight is 332 g/mol. The molecule has 1 aliphatic rings. The Balaban J connectivity index is 2.10. The molecule has 1 aromatic rings. The van der Waals surface area contributed by atoms with Crippen LogP contribution in [0, 0.1) is 11.8 Å². The third-order valence-corrected chi connectivity index (χ3v) is 5.32. The third kappa shape index (κ3) is 3.56. The maximum absolute atomic E-state index is 12.3. The van der Waals surface area contributed by atoms with Gasteiger partial charge < -0.3 is 10.1 Å². The van der Waals surface area contributed by atoms with Gasteiger partial charge in [-0.2, -0.15) is 0 Å². The molecule has 7 heteroatoms. The average Bonchev–Trinajstić information content (AvgIpc) is 2.62. The zero-order valence-corrected chi connectivity index (χ0v) is 13.6. The minimum atomic E-state index is -3.75. The van der Waals surface area contributed by atoms with Crippen molar-refractivity contribution < 1.29 is 17.9 Å². The maximum atomic E-state index is 12.3. The Kier molecular flexibility index (Phi) is 4.60. The first-order valence-corrected chi connectivity index (χ1v) is 9.02. The van der Waals surface area contributed by atoms with E-state index in [1.165, 1.54) is 24.3 Å². The Hall–Kier alpha value is -1.11. The van der Waals surface area contributed by atoms with Crippen molar-refractivity contribution in [2.45, 2.75) is 37.9 Å². The predicted octanol–water partition coefficient (Wildman–Crippen LogP) is 2.61. The van der Waals surface area contributed by atoms with Gasteiger partial charge in [0.2, 0.25) is 5.91 Å². The van der Waals surface area contributed by atoms with Crippen molar-refractivity contribution in [3.63, 3.8) is 0 Å². The van der Waals surface area contributed by atoms with Crippen LogP contribution in [0.1, 0.15) is 20.8 Å². The molecule has 1 heterocycles. The van der Waals surface area contributed by atoms with Crippen molar-refractivity contribution in [3.05, 3.63) is 24.3 Å². The first-order chi connectivity index (χ1) is 9.70. The van der Waals surface area contributed by atoms with Crippen LogP contribution in [0.15, 0.2) is 29.2 Å². The van der Waals surface area contributed by atoms with E-state index in [4.69, 9.17) is 15.4 Å². The van der Waals surface area contributed by atoms with Crippen molar-refractivity contribution in [1.29, 1.82) is 0 Å². The van der Waals surface area contributed by atoms with Crippen LogP contribution in [0.2, 0.25) is 0 Å². The van der Waals surface area contributed by atoms with Crippen molar-refractivity contribution in [1.82, 2.24) is 0 Å².